The van der Waals surface area contributed by atoms with Crippen LogP contribution in [0.15, 0.2) is 42.5 Å². The SMILES string of the molecule is FC(F)c1ccc2nc(-c3ccccc3)n(C3CCC4NNCC4C3)c2n1. The van der Waals surface area contributed by atoms with Crippen molar-refractivity contribution in [2.45, 2.75) is 37.8 Å². The molecule has 3 atom stereocenters. The van der Waals surface area contributed by atoms with E-state index in [0.717, 1.165) is 37.2 Å². The molecule has 3 heterocycles. The molecule has 0 amide bonds. The third-order valence-electron chi connectivity index (χ3n) is 5.79. The first-order valence-electron chi connectivity index (χ1n) is 9.41. The van der Waals surface area contributed by atoms with Crippen LogP contribution in [-0.2, 0) is 0 Å². The summed E-state index contributed by atoms with van der Waals surface area (Å²) in [6.07, 6.45) is 0.417. The molecule has 1 aromatic carbocycles. The summed E-state index contributed by atoms with van der Waals surface area (Å²) in [4.78, 5) is 9.07. The maximum atomic E-state index is 13.3. The number of imidazole rings is 1. The molecule has 3 aromatic rings. The Kier molecular flexibility index (Phi) is 4.13. The van der Waals surface area contributed by atoms with Crippen LogP contribution in [-0.4, -0.2) is 27.1 Å². The van der Waals surface area contributed by atoms with Gasteiger partial charge in [0.2, 0.25) is 0 Å². The lowest BCUT2D eigenvalue weighted by molar-refractivity contribution is 0.146. The summed E-state index contributed by atoms with van der Waals surface area (Å²) >= 11 is 0. The molecule has 5 nitrogen and oxygen atoms in total. The number of hydrazine groups is 1. The van der Waals surface area contributed by atoms with Crippen LogP contribution in [0.1, 0.15) is 37.4 Å². The average molecular weight is 369 g/mol. The van der Waals surface area contributed by atoms with Gasteiger partial charge < -0.3 is 4.57 Å². The van der Waals surface area contributed by atoms with Crippen molar-refractivity contribution in [2.24, 2.45) is 5.92 Å². The van der Waals surface area contributed by atoms with E-state index >= 15 is 0 Å². The molecule has 140 valence electrons. The molecule has 2 fully saturated rings. The molecule has 0 radical (unpaired) electrons. The van der Waals surface area contributed by atoms with Crippen molar-refractivity contribution in [1.29, 1.82) is 0 Å². The Morgan fingerprint density at radius 2 is 1.89 bits per heavy atom. The lowest BCUT2D eigenvalue weighted by Gasteiger charge is -2.32. The zero-order chi connectivity index (χ0) is 18.4. The van der Waals surface area contributed by atoms with Crippen LogP contribution < -0.4 is 10.9 Å². The number of nitrogens with one attached hydrogen (secondary N) is 2. The Morgan fingerprint density at radius 3 is 2.70 bits per heavy atom. The van der Waals surface area contributed by atoms with Crippen molar-refractivity contribution in [3.63, 3.8) is 0 Å². The van der Waals surface area contributed by atoms with Gasteiger partial charge in [-0.1, -0.05) is 30.3 Å². The zero-order valence-electron chi connectivity index (χ0n) is 14.8. The normalized spacial score (nSPS) is 25.2. The molecular formula is C20H21F2N5. The summed E-state index contributed by atoms with van der Waals surface area (Å²) in [5.41, 5.74) is 8.62. The van der Waals surface area contributed by atoms with Crippen molar-refractivity contribution in [3.8, 4) is 11.4 Å². The molecule has 3 unspecified atom stereocenters. The first-order chi connectivity index (χ1) is 13.2. The topological polar surface area (TPSA) is 54.8 Å². The van der Waals surface area contributed by atoms with Gasteiger partial charge in [0.15, 0.2) is 5.65 Å². The second-order valence-electron chi connectivity index (χ2n) is 7.41. The predicted octanol–water partition coefficient (Wildman–Crippen LogP) is 3.85. The quantitative estimate of drug-likeness (QED) is 0.736. The monoisotopic (exact) mass is 369 g/mol. The van der Waals surface area contributed by atoms with Gasteiger partial charge in [0.05, 0.1) is 0 Å². The van der Waals surface area contributed by atoms with Gasteiger partial charge in [0, 0.05) is 24.2 Å². The minimum absolute atomic E-state index is 0.193. The number of fused-ring (bicyclic) bond motifs is 2. The standard InChI is InChI=1S/C20H21F2N5/c21-18(22)16-8-9-17-20(24-16)27(19(25-17)12-4-2-1-3-5-12)14-6-7-15-13(10-14)11-23-26-15/h1-5,8-9,13-15,18,23,26H,6-7,10-11H2. The Balaban J connectivity index is 1.66. The van der Waals surface area contributed by atoms with E-state index in [4.69, 9.17) is 4.98 Å². The summed E-state index contributed by atoms with van der Waals surface area (Å²) in [7, 11) is 0. The molecule has 2 aliphatic rings. The van der Waals surface area contributed by atoms with Crippen molar-refractivity contribution >= 4 is 11.2 Å². The molecule has 1 aliphatic carbocycles. The molecule has 1 aliphatic heterocycles. The van der Waals surface area contributed by atoms with Crippen molar-refractivity contribution in [2.75, 3.05) is 6.54 Å². The number of aromatic nitrogens is 3. The summed E-state index contributed by atoms with van der Waals surface area (Å²) in [5.74, 6) is 1.34. The van der Waals surface area contributed by atoms with Gasteiger partial charge in [0.25, 0.3) is 6.43 Å². The Hall–Kier alpha value is -2.38. The second kappa shape index (κ2) is 6.65. The molecule has 5 rings (SSSR count). The summed E-state index contributed by atoms with van der Waals surface area (Å²) < 4.78 is 28.6. The van der Waals surface area contributed by atoms with Crippen LogP contribution in [0.4, 0.5) is 8.78 Å². The van der Waals surface area contributed by atoms with Gasteiger partial charge >= 0.3 is 0 Å². The van der Waals surface area contributed by atoms with E-state index in [-0.39, 0.29) is 11.7 Å². The lowest BCUT2D eigenvalue weighted by atomic mass is 9.82. The fourth-order valence-corrected chi connectivity index (χ4v) is 4.46. The maximum absolute atomic E-state index is 13.3. The molecule has 27 heavy (non-hydrogen) atoms. The van der Waals surface area contributed by atoms with Gasteiger partial charge in [0.1, 0.15) is 17.0 Å². The van der Waals surface area contributed by atoms with E-state index in [1.807, 2.05) is 30.3 Å². The fraction of sp³-hybridized carbons (Fsp3) is 0.400. The van der Waals surface area contributed by atoms with Crippen molar-refractivity contribution in [1.82, 2.24) is 25.4 Å². The fourth-order valence-electron chi connectivity index (χ4n) is 4.46. The van der Waals surface area contributed by atoms with Crippen molar-refractivity contribution in [3.05, 3.63) is 48.2 Å². The maximum Gasteiger partial charge on any atom is 0.280 e. The van der Waals surface area contributed by atoms with Crippen LogP contribution >= 0.6 is 0 Å². The van der Waals surface area contributed by atoms with Crippen LogP contribution in [0.5, 0.6) is 0 Å². The molecule has 2 aromatic heterocycles. The van der Waals surface area contributed by atoms with Crippen LogP contribution in [0.25, 0.3) is 22.6 Å². The second-order valence-corrected chi connectivity index (χ2v) is 7.41. The number of halogens is 2. The third kappa shape index (κ3) is 2.91. The van der Waals surface area contributed by atoms with E-state index in [1.54, 1.807) is 6.07 Å². The Labute approximate surface area is 155 Å². The van der Waals surface area contributed by atoms with E-state index in [2.05, 4.69) is 20.4 Å². The van der Waals surface area contributed by atoms with Gasteiger partial charge in [-0.05, 0) is 37.3 Å². The first-order valence-corrected chi connectivity index (χ1v) is 9.41. The molecule has 0 bridgehead atoms. The van der Waals surface area contributed by atoms with Gasteiger partial charge in [-0.15, -0.1) is 0 Å². The van der Waals surface area contributed by atoms with Crippen LogP contribution in [0.3, 0.4) is 0 Å². The zero-order valence-corrected chi connectivity index (χ0v) is 14.8. The molecular weight excluding hydrogens is 348 g/mol. The molecule has 1 saturated heterocycles. The minimum atomic E-state index is -2.59. The number of benzene rings is 1. The highest BCUT2D eigenvalue weighted by atomic mass is 19.3. The molecule has 1 saturated carbocycles. The molecule has 0 spiro atoms. The number of pyridine rings is 1. The number of hydrogen-bond acceptors (Lipinski definition) is 4. The largest absolute Gasteiger partial charge is 0.306 e. The van der Waals surface area contributed by atoms with E-state index in [9.17, 15) is 8.78 Å². The lowest BCUT2D eigenvalue weighted by Crippen LogP contribution is -2.36. The first kappa shape index (κ1) is 16.8. The van der Waals surface area contributed by atoms with E-state index in [1.165, 1.54) is 6.07 Å². The summed E-state index contributed by atoms with van der Waals surface area (Å²) in [5, 5.41) is 0. The number of rotatable bonds is 3. The predicted molar refractivity (Wildman–Crippen MR) is 99.2 cm³/mol. The smallest absolute Gasteiger partial charge is 0.280 e. The Morgan fingerprint density at radius 1 is 1.04 bits per heavy atom. The number of hydrogen-bond donors (Lipinski definition) is 2. The van der Waals surface area contributed by atoms with Crippen LogP contribution in [0.2, 0.25) is 0 Å². The van der Waals surface area contributed by atoms with Gasteiger partial charge in [-0.3, -0.25) is 10.9 Å². The summed E-state index contributed by atoms with van der Waals surface area (Å²) in [6, 6.07) is 13.7. The van der Waals surface area contributed by atoms with Gasteiger partial charge in [-0.25, -0.2) is 18.7 Å². The third-order valence-corrected chi connectivity index (χ3v) is 5.79. The summed E-state index contributed by atoms with van der Waals surface area (Å²) in [6.45, 7) is 0.935. The highest BCUT2D eigenvalue weighted by Gasteiger charge is 2.36. The van der Waals surface area contributed by atoms with Crippen molar-refractivity contribution < 1.29 is 8.78 Å². The molecule has 7 heteroatoms. The highest BCUT2D eigenvalue weighted by Crippen LogP contribution is 2.39. The number of nitrogens with zero attached hydrogens (tertiary/aromatic N) is 3. The Bertz CT molecular complexity index is 956. The van der Waals surface area contributed by atoms with Crippen LogP contribution in [0, 0.1) is 5.92 Å². The van der Waals surface area contributed by atoms with Gasteiger partial charge in [-0.2, -0.15) is 0 Å². The highest BCUT2D eigenvalue weighted by molar-refractivity contribution is 5.77. The molecule has 2 N–H and O–H groups in total. The van der Waals surface area contributed by atoms with E-state index in [0.29, 0.717) is 23.1 Å². The van der Waals surface area contributed by atoms with E-state index < -0.39 is 6.43 Å². The average Bonchev–Trinajstić information content (AvgIpc) is 3.31. The number of alkyl halides is 2. The minimum Gasteiger partial charge on any atom is -0.306 e.